The SMILES string of the molecule is COc1c(Br)cc(OC(F)(F)F)nc1C(F)F. The first-order valence-electron chi connectivity index (χ1n) is 4.03. The van der Waals surface area contributed by atoms with E-state index in [0.29, 0.717) is 0 Å². The highest BCUT2D eigenvalue weighted by molar-refractivity contribution is 9.10. The molecule has 1 aromatic rings. The summed E-state index contributed by atoms with van der Waals surface area (Å²) in [6, 6.07) is 0.790. The van der Waals surface area contributed by atoms with Crippen molar-refractivity contribution in [3.8, 4) is 11.6 Å². The molecule has 96 valence electrons. The van der Waals surface area contributed by atoms with Gasteiger partial charge >= 0.3 is 6.36 Å². The molecule has 0 saturated carbocycles. The Bertz CT molecular complexity index is 410. The van der Waals surface area contributed by atoms with Gasteiger partial charge in [0.2, 0.25) is 5.88 Å². The smallest absolute Gasteiger partial charge is 0.493 e. The van der Waals surface area contributed by atoms with Crippen molar-refractivity contribution in [1.82, 2.24) is 4.98 Å². The lowest BCUT2D eigenvalue weighted by atomic mass is 10.3. The zero-order chi connectivity index (χ0) is 13.2. The van der Waals surface area contributed by atoms with Crippen LogP contribution in [0.4, 0.5) is 22.0 Å². The van der Waals surface area contributed by atoms with Crippen LogP contribution in [0.15, 0.2) is 10.5 Å². The van der Waals surface area contributed by atoms with Gasteiger partial charge in [0.25, 0.3) is 6.43 Å². The summed E-state index contributed by atoms with van der Waals surface area (Å²) in [5.41, 5.74) is -0.930. The number of pyridine rings is 1. The van der Waals surface area contributed by atoms with Crippen LogP contribution >= 0.6 is 15.9 Å². The first-order chi connectivity index (χ1) is 7.74. The lowest BCUT2D eigenvalue weighted by Crippen LogP contribution is -2.18. The van der Waals surface area contributed by atoms with Gasteiger partial charge in [0.15, 0.2) is 11.4 Å². The van der Waals surface area contributed by atoms with Crippen LogP contribution in [0.3, 0.4) is 0 Å². The maximum atomic E-state index is 12.5. The van der Waals surface area contributed by atoms with Crippen molar-refractivity contribution in [2.75, 3.05) is 7.11 Å². The average molecular weight is 322 g/mol. The number of methoxy groups -OCH3 is 1. The molecule has 0 aromatic carbocycles. The lowest BCUT2D eigenvalue weighted by Gasteiger charge is -2.13. The molecule has 0 atom stereocenters. The maximum absolute atomic E-state index is 12.5. The minimum Gasteiger partial charge on any atom is -0.493 e. The van der Waals surface area contributed by atoms with Gasteiger partial charge in [0.1, 0.15) is 0 Å². The summed E-state index contributed by atoms with van der Waals surface area (Å²) >= 11 is 2.79. The summed E-state index contributed by atoms with van der Waals surface area (Å²) < 4.78 is 68.6. The molecule has 0 unspecified atom stereocenters. The fourth-order valence-corrected chi connectivity index (χ4v) is 1.58. The van der Waals surface area contributed by atoms with Crippen LogP contribution in [0.5, 0.6) is 11.6 Å². The van der Waals surface area contributed by atoms with Crippen LogP contribution in [0.2, 0.25) is 0 Å². The molecule has 0 aliphatic heterocycles. The van der Waals surface area contributed by atoms with E-state index in [2.05, 4.69) is 30.4 Å². The molecular formula is C8H5BrF5NO2. The minimum absolute atomic E-state index is 0.107. The van der Waals surface area contributed by atoms with E-state index < -0.39 is 24.4 Å². The van der Waals surface area contributed by atoms with Crippen molar-refractivity contribution in [3.63, 3.8) is 0 Å². The number of ether oxygens (including phenoxy) is 2. The predicted octanol–water partition coefficient (Wildman–Crippen LogP) is 3.69. The third-order valence-electron chi connectivity index (χ3n) is 1.56. The summed E-state index contributed by atoms with van der Waals surface area (Å²) in [6.45, 7) is 0. The Hall–Kier alpha value is -1.12. The Morgan fingerprint density at radius 3 is 2.35 bits per heavy atom. The Morgan fingerprint density at radius 2 is 1.94 bits per heavy atom. The van der Waals surface area contributed by atoms with Crippen LogP contribution < -0.4 is 9.47 Å². The number of hydrogen-bond donors (Lipinski definition) is 0. The standard InChI is InChI=1S/C8H5BrF5NO2/c1-16-6-3(9)2-4(17-8(12,13)14)15-5(6)7(10)11/h2,7H,1H3. The molecule has 1 rings (SSSR count). The number of nitrogens with zero attached hydrogens (tertiary/aromatic N) is 1. The highest BCUT2D eigenvalue weighted by Crippen LogP contribution is 2.37. The van der Waals surface area contributed by atoms with Crippen LogP contribution in [-0.4, -0.2) is 18.5 Å². The first kappa shape index (κ1) is 13.9. The molecule has 0 amide bonds. The van der Waals surface area contributed by atoms with Gasteiger partial charge in [-0.15, -0.1) is 13.2 Å². The summed E-state index contributed by atoms with van der Waals surface area (Å²) in [6.07, 6.45) is -8.08. The topological polar surface area (TPSA) is 31.4 Å². The largest absolute Gasteiger partial charge is 0.574 e. The summed E-state index contributed by atoms with van der Waals surface area (Å²) in [5.74, 6) is -1.32. The quantitative estimate of drug-likeness (QED) is 0.796. The summed E-state index contributed by atoms with van der Waals surface area (Å²) in [7, 11) is 1.10. The summed E-state index contributed by atoms with van der Waals surface area (Å²) in [5, 5.41) is 0. The average Bonchev–Trinajstić information content (AvgIpc) is 2.13. The van der Waals surface area contributed by atoms with Gasteiger partial charge < -0.3 is 9.47 Å². The molecule has 9 heteroatoms. The second-order valence-electron chi connectivity index (χ2n) is 2.71. The second kappa shape index (κ2) is 5.03. The molecule has 0 aliphatic carbocycles. The van der Waals surface area contributed by atoms with Crippen molar-refractivity contribution in [2.45, 2.75) is 12.8 Å². The Labute approximate surface area is 101 Å². The normalized spacial score (nSPS) is 11.8. The molecule has 17 heavy (non-hydrogen) atoms. The highest BCUT2D eigenvalue weighted by Gasteiger charge is 2.33. The number of aromatic nitrogens is 1. The van der Waals surface area contributed by atoms with E-state index in [9.17, 15) is 22.0 Å². The van der Waals surface area contributed by atoms with Gasteiger partial charge in [-0.2, -0.15) is 0 Å². The van der Waals surface area contributed by atoms with E-state index in [1.54, 1.807) is 0 Å². The van der Waals surface area contributed by atoms with E-state index in [1.165, 1.54) is 0 Å². The second-order valence-corrected chi connectivity index (χ2v) is 3.56. The Morgan fingerprint density at radius 1 is 1.35 bits per heavy atom. The molecule has 1 aromatic heterocycles. The van der Waals surface area contributed by atoms with Gasteiger partial charge in [-0.25, -0.2) is 13.8 Å². The number of hydrogen-bond acceptors (Lipinski definition) is 3. The molecule has 3 nitrogen and oxygen atoms in total. The van der Waals surface area contributed by atoms with E-state index >= 15 is 0 Å². The molecule has 0 bridgehead atoms. The van der Waals surface area contributed by atoms with Crippen molar-refractivity contribution in [1.29, 1.82) is 0 Å². The molecule has 0 radical (unpaired) electrons. The zero-order valence-corrected chi connectivity index (χ0v) is 9.77. The molecule has 0 aliphatic rings. The molecule has 0 N–H and O–H groups in total. The monoisotopic (exact) mass is 321 g/mol. The van der Waals surface area contributed by atoms with Crippen molar-refractivity contribution >= 4 is 15.9 Å². The van der Waals surface area contributed by atoms with Gasteiger partial charge in [0.05, 0.1) is 11.6 Å². The third kappa shape index (κ3) is 3.69. The van der Waals surface area contributed by atoms with E-state index in [-0.39, 0.29) is 10.2 Å². The van der Waals surface area contributed by atoms with Crippen molar-refractivity contribution in [2.24, 2.45) is 0 Å². The molecule has 0 spiro atoms. The Balaban J connectivity index is 3.20. The number of alkyl halides is 5. The van der Waals surface area contributed by atoms with Gasteiger partial charge in [-0.05, 0) is 15.9 Å². The van der Waals surface area contributed by atoms with Gasteiger partial charge in [0, 0.05) is 6.07 Å². The van der Waals surface area contributed by atoms with Crippen LogP contribution in [0.25, 0.3) is 0 Å². The summed E-state index contributed by atoms with van der Waals surface area (Å²) in [4.78, 5) is 3.04. The Kier molecular flexibility index (Phi) is 4.12. The molecule has 0 fully saturated rings. The van der Waals surface area contributed by atoms with Crippen LogP contribution in [0, 0.1) is 0 Å². The van der Waals surface area contributed by atoms with E-state index in [0.717, 1.165) is 13.2 Å². The predicted molar refractivity (Wildman–Crippen MR) is 50.1 cm³/mol. The highest BCUT2D eigenvalue weighted by atomic mass is 79.9. The minimum atomic E-state index is -5.00. The molecule has 1 heterocycles. The first-order valence-corrected chi connectivity index (χ1v) is 4.82. The van der Waals surface area contributed by atoms with Gasteiger partial charge in [-0.1, -0.05) is 0 Å². The molecule has 0 saturated heterocycles. The van der Waals surface area contributed by atoms with E-state index in [1.807, 2.05) is 0 Å². The van der Waals surface area contributed by atoms with Crippen LogP contribution in [-0.2, 0) is 0 Å². The van der Waals surface area contributed by atoms with Crippen molar-refractivity contribution in [3.05, 3.63) is 16.2 Å². The van der Waals surface area contributed by atoms with Gasteiger partial charge in [-0.3, -0.25) is 0 Å². The number of rotatable bonds is 3. The fourth-order valence-electron chi connectivity index (χ4n) is 1.02. The third-order valence-corrected chi connectivity index (χ3v) is 2.15. The maximum Gasteiger partial charge on any atom is 0.574 e. The molecular weight excluding hydrogens is 317 g/mol. The number of halogens is 6. The zero-order valence-electron chi connectivity index (χ0n) is 8.19. The van der Waals surface area contributed by atoms with Crippen molar-refractivity contribution < 1.29 is 31.4 Å². The van der Waals surface area contributed by atoms with E-state index in [4.69, 9.17) is 0 Å². The lowest BCUT2D eigenvalue weighted by molar-refractivity contribution is -0.276. The fraction of sp³-hybridized carbons (Fsp3) is 0.375. The van der Waals surface area contributed by atoms with Crippen LogP contribution in [0.1, 0.15) is 12.1 Å².